The first-order chi connectivity index (χ1) is 14.6. The first kappa shape index (κ1) is 22.0. The van der Waals surface area contributed by atoms with E-state index in [1.54, 1.807) is 14.2 Å². The van der Waals surface area contributed by atoms with Gasteiger partial charge in [-0.25, -0.2) is 0 Å². The second-order valence-electron chi connectivity index (χ2n) is 7.30. The summed E-state index contributed by atoms with van der Waals surface area (Å²) in [4.78, 5) is 18.0. The highest BCUT2D eigenvalue weighted by Crippen LogP contribution is 2.22. The maximum atomic E-state index is 11.8. The molecule has 30 heavy (non-hydrogen) atoms. The summed E-state index contributed by atoms with van der Waals surface area (Å²) in [5, 5.41) is 7.34. The van der Waals surface area contributed by atoms with E-state index in [0.29, 0.717) is 31.1 Å². The van der Waals surface area contributed by atoms with Crippen LogP contribution in [-0.2, 0) is 24.3 Å². The Morgan fingerprint density at radius 3 is 2.57 bits per heavy atom. The number of likely N-dealkylation sites (tertiary alicyclic amines) is 1. The second kappa shape index (κ2) is 10.9. The molecule has 1 fully saturated rings. The number of methoxy groups -OCH3 is 1. The largest absolute Gasteiger partial charge is 0.497 e. The molecule has 1 aliphatic rings. The molecule has 0 bridgehead atoms. The highest BCUT2D eigenvalue weighted by Gasteiger charge is 2.19. The highest BCUT2D eigenvalue weighted by molar-refractivity contribution is 6.31. The van der Waals surface area contributed by atoms with Crippen molar-refractivity contribution in [3.63, 3.8) is 0 Å². The third kappa shape index (κ3) is 6.13. The third-order valence-corrected chi connectivity index (χ3v) is 5.55. The number of benzene rings is 2. The molecule has 0 aliphatic carbocycles. The van der Waals surface area contributed by atoms with E-state index < -0.39 is 0 Å². The summed E-state index contributed by atoms with van der Waals surface area (Å²) in [6, 6.07) is 14.1. The van der Waals surface area contributed by atoms with Gasteiger partial charge < -0.3 is 20.3 Å². The van der Waals surface area contributed by atoms with Crippen LogP contribution in [0.4, 0.5) is 0 Å². The van der Waals surface area contributed by atoms with Crippen molar-refractivity contribution in [2.45, 2.75) is 32.4 Å². The maximum absolute atomic E-state index is 11.8. The van der Waals surface area contributed by atoms with E-state index in [-0.39, 0.29) is 5.91 Å². The number of carbonyl (C=O) groups is 1. The highest BCUT2D eigenvalue weighted by atomic mass is 35.5. The van der Waals surface area contributed by atoms with Gasteiger partial charge in [-0.05, 0) is 41.7 Å². The Labute approximate surface area is 183 Å². The van der Waals surface area contributed by atoms with E-state index >= 15 is 0 Å². The van der Waals surface area contributed by atoms with Gasteiger partial charge >= 0.3 is 0 Å². The normalized spacial score (nSPS) is 14.2. The van der Waals surface area contributed by atoms with Crippen LogP contribution < -0.4 is 15.4 Å². The number of rotatable bonds is 8. The summed E-state index contributed by atoms with van der Waals surface area (Å²) < 4.78 is 5.18. The van der Waals surface area contributed by atoms with Crippen molar-refractivity contribution in [2.75, 3.05) is 27.2 Å². The summed E-state index contributed by atoms with van der Waals surface area (Å²) in [5.41, 5.74) is 3.38. The molecular formula is C23H29ClN4O2. The topological polar surface area (TPSA) is 66.0 Å². The second-order valence-corrected chi connectivity index (χ2v) is 7.70. The minimum atomic E-state index is 0.256. The molecule has 0 radical (unpaired) electrons. The molecule has 2 N–H and O–H groups in total. The number of aliphatic imine (C=N–C) groups is 1. The summed E-state index contributed by atoms with van der Waals surface area (Å²) in [6.07, 6.45) is 2.43. The first-order valence-electron chi connectivity index (χ1n) is 10.2. The molecule has 3 rings (SSSR count). The molecule has 2 aromatic rings. The van der Waals surface area contributed by atoms with Gasteiger partial charge in [-0.1, -0.05) is 41.9 Å². The Balaban J connectivity index is 1.43. The van der Waals surface area contributed by atoms with Crippen molar-refractivity contribution in [3.05, 3.63) is 64.2 Å². The van der Waals surface area contributed by atoms with Crippen LogP contribution in [0.1, 0.15) is 29.5 Å². The lowest BCUT2D eigenvalue weighted by Gasteiger charge is -2.16. The number of hydrogen-bond donors (Lipinski definition) is 2. The van der Waals surface area contributed by atoms with Crippen molar-refractivity contribution >= 4 is 23.5 Å². The van der Waals surface area contributed by atoms with Gasteiger partial charge in [0.15, 0.2) is 5.96 Å². The molecule has 0 unspecified atom stereocenters. The lowest BCUT2D eigenvalue weighted by Crippen LogP contribution is -2.37. The van der Waals surface area contributed by atoms with Crippen LogP contribution in [0.2, 0.25) is 5.02 Å². The minimum Gasteiger partial charge on any atom is -0.497 e. The average molecular weight is 429 g/mol. The molecule has 0 spiro atoms. The minimum absolute atomic E-state index is 0.256. The van der Waals surface area contributed by atoms with Crippen LogP contribution in [-0.4, -0.2) is 44.0 Å². The van der Waals surface area contributed by atoms with Gasteiger partial charge in [0, 0.05) is 44.7 Å². The number of ether oxygens (including phenoxy) is 1. The number of nitrogens with one attached hydrogen (secondary N) is 2. The molecule has 1 saturated heterocycles. The lowest BCUT2D eigenvalue weighted by atomic mass is 10.1. The summed E-state index contributed by atoms with van der Waals surface area (Å²) in [5.74, 6) is 1.75. The predicted octanol–water partition coefficient (Wildman–Crippen LogP) is 3.38. The van der Waals surface area contributed by atoms with Crippen molar-refractivity contribution in [3.8, 4) is 5.75 Å². The van der Waals surface area contributed by atoms with E-state index in [1.807, 2.05) is 23.1 Å². The van der Waals surface area contributed by atoms with E-state index in [0.717, 1.165) is 47.8 Å². The van der Waals surface area contributed by atoms with Crippen LogP contribution in [0.5, 0.6) is 5.75 Å². The summed E-state index contributed by atoms with van der Waals surface area (Å²) in [6.45, 7) is 2.95. The van der Waals surface area contributed by atoms with Gasteiger partial charge in [-0.2, -0.15) is 0 Å². The summed E-state index contributed by atoms with van der Waals surface area (Å²) in [7, 11) is 3.39. The first-order valence-corrected chi connectivity index (χ1v) is 10.6. The Hall–Kier alpha value is -2.73. The zero-order valence-electron chi connectivity index (χ0n) is 17.6. The zero-order valence-corrected chi connectivity index (χ0v) is 18.3. The quantitative estimate of drug-likeness (QED) is 0.499. The van der Waals surface area contributed by atoms with E-state index in [2.05, 4.69) is 39.9 Å². The van der Waals surface area contributed by atoms with Crippen molar-refractivity contribution in [2.24, 2.45) is 4.99 Å². The maximum Gasteiger partial charge on any atom is 0.222 e. The van der Waals surface area contributed by atoms with Crippen LogP contribution >= 0.6 is 11.6 Å². The molecule has 160 valence electrons. The Bertz CT molecular complexity index is 883. The molecule has 6 nitrogen and oxygen atoms in total. The van der Waals surface area contributed by atoms with Crippen molar-refractivity contribution < 1.29 is 9.53 Å². The van der Waals surface area contributed by atoms with Gasteiger partial charge in [-0.15, -0.1) is 0 Å². The molecular weight excluding hydrogens is 400 g/mol. The fourth-order valence-electron chi connectivity index (χ4n) is 3.43. The Morgan fingerprint density at radius 2 is 1.93 bits per heavy atom. The molecule has 1 aliphatic heterocycles. The smallest absolute Gasteiger partial charge is 0.222 e. The van der Waals surface area contributed by atoms with E-state index in [9.17, 15) is 4.79 Å². The molecule has 7 heteroatoms. The molecule has 2 aromatic carbocycles. The van der Waals surface area contributed by atoms with Crippen molar-refractivity contribution in [1.82, 2.24) is 15.5 Å². The lowest BCUT2D eigenvalue weighted by molar-refractivity contribution is -0.128. The fraction of sp³-hybridized carbons (Fsp3) is 0.391. The Kier molecular flexibility index (Phi) is 7.97. The number of amides is 1. The monoisotopic (exact) mass is 428 g/mol. The molecule has 1 amide bonds. The van der Waals surface area contributed by atoms with E-state index in [1.165, 1.54) is 0 Å². The van der Waals surface area contributed by atoms with Crippen LogP contribution in [0.15, 0.2) is 47.5 Å². The number of guanidine groups is 1. The van der Waals surface area contributed by atoms with Gasteiger partial charge in [0.2, 0.25) is 5.91 Å². The van der Waals surface area contributed by atoms with Crippen molar-refractivity contribution in [1.29, 1.82) is 0 Å². The number of carbonyl (C=O) groups excluding carboxylic acids is 1. The standard InChI is InChI=1S/C23H29ClN4O2/c1-25-23(26-12-11-19-9-10-20(30-2)14-21(19)24)27-15-17-5-7-18(8-6-17)16-28-13-3-4-22(28)29/h5-10,14H,3-4,11-13,15-16H2,1-2H3,(H2,25,26,27). The van der Waals surface area contributed by atoms with Gasteiger partial charge in [0.05, 0.1) is 7.11 Å². The zero-order chi connectivity index (χ0) is 21.3. The van der Waals surface area contributed by atoms with Gasteiger partial charge in [0.25, 0.3) is 0 Å². The SMILES string of the molecule is CN=C(NCCc1ccc(OC)cc1Cl)NCc1ccc(CN2CCCC2=O)cc1. The molecule has 0 atom stereocenters. The fourth-order valence-corrected chi connectivity index (χ4v) is 3.70. The number of hydrogen-bond acceptors (Lipinski definition) is 3. The van der Waals surface area contributed by atoms with Gasteiger partial charge in [-0.3, -0.25) is 9.79 Å². The average Bonchev–Trinajstić information content (AvgIpc) is 3.16. The van der Waals surface area contributed by atoms with Crippen LogP contribution in [0.3, 0.4) is 0 Å². The number of halogens is 1. The number of nitrogens with zero attached hydrogens (tertiary/aromatic N) is 2. The predicted molar refractivity (Wildman–Crippen MR) is 121 cm³/mol. The van der Waals surface area contributed by atoms with Gasteiger partial charge in [0.1, 0.15) is 5.75 Å². The van der Waals surface area contributed by atoms with Crippen LogP contribution in [0.25, 0.3) is 0 Å². The van der Waals surface area contributed by atoms with Crippen LogP contribution in [0, 0.1) is 0 Å². The molecule has 0 saturated carbocycles. The third-order valence-electron chi connectivity index (χ3n) is 5.20. The Morgan fingerprint density at radius 1 is 1.17 bits per heavy atom. The van der Waals surface area contributed by atoms with E-state index in [4.69, 9.17) is 16.3 Å². The summed E-state index contributed by atoms with van der Waals surface area (Å²) >= 11 is 6.30. The molecule has 1 heterocycles. The molecule has 0 aromatic heterocycles.